The van der Waals surface area contributed by atoms with Gasteiger partial charge in [0.1, 0.15) is 17.7 Å². The number of halogens is 3. The molecule has 25 heavy (non-hydrogen) atoms. The molecule has 0 aliphatic carbocycles. The first kappa shape index (κ1) is 16.7. The van der Waals surface area contributed by atoms with Crippen LogP contribution in [-0.4, -0.2) is 26.9 Å². The van der Waals surface area contributed by atoms with E-state index in [1.54, 1.807) is 36.5 Å². The van der Waals surface area contributed by atoms with E-state index in [-0.39, 0.29) is 6.42 Å². The lowest BCUT2D eigenvalue weighted by molar-refractivity contribution is -0.171. The standard InChI is InChI=1S/C18H12F3N3O/c19-18(20,21)16(25)8-6-13-4-2-1-3-12(13)5-7-15-14-9-10-22-17(14)24-11-23-15/h1-4,9-11H,6,8H2,(H,22,23,24). The van der Waals surface area contributed by atoms with Crippen LogP contribution in [0.5, 0.6) is 0 Å². The van der Waals surface area contributed by atoms with Crippen LogP contribution in [0.2, 0.25) is 0 Å². The number of aromatic nitrogens is 3. The highest BCUT2D eigenvalue weighted by atomic mass is 19.4. The number of aromatic amines is 1. The molecule has 1 N–H and O–H groups in total. The molecule has 0 bridgehead atoms. The van der Waals surface area contributed by atoms with E-state index in [0.717, 1.165) is 5.39 Å². The van der Waals surface area contributed by atoms with Gasteiger partial charge in [-0.25, -0.2) is 9.97 Å². The zero-order valence-electron chi connectivity index (χ0n) is 12.9. The van der Waals surface area contributed by atoms with Crippen molar-refractivity contribution in [2.24, 2.45) is 0 Å². The number of hydrogen-bond donors (Lipinski definition) is 1. The summed E-state index contributed by atoms with van der Waals surface area (Å²) in [5.74, 6) is 4.11. The van der Waals surface area contributed by atoms with E-state index in [4.69, 9.17) is 0 Å². The molecule has 0 radical (unpaired) electrons. The number of carbonyl (C=O) groups is 1. The lowest BCUT2D eigenvalue weighted by atomic mass is 10.0. The van der Waals surface area contributed by atoms with Crippen LogP contribution in [0, 0.1) is 11.8 Å². The number of Topliss-reactive ketones (excluding diaryl/α,β-unsaturated/α-hetero) is 1. The predicted octanol–water partition coefficient (Wildman–Crippen LogP) is 3.42. The van der Waals surface area contributed by atoms with Gasteiger partial charge in [0.15, 0.2) is 0 Å². The minimum absolute atomic E-state index is 0.0213. The fourth-order valence-corrected chi connectivity index (χ4v) is 2.35. The van der Waals surface area contributed by atoms with Crippen molar-refractivity contribution in [3.8, 4) is 11.8 Å². The molecule has 3 aromatic rings. The van der Waals surface area contributed by atoms with Crippen LogP contribution in [0.3, 0.4) is 0 Å². The summed E-state index contributed by atoms with van der Waals surface area (Å²) in [6.07, 6.45) is -2.32. The summed E-state index contributed by atoms with van der Waals surface area (Å²) in [4.78, 5) is 22.2. The van der Waals surface area contributed by atoms with Gasteiger partial charge in [-0.05, 0) is 30.0 Å². The average Bonchev–Trinajstić information content (AvgIpc) is 3.07. The number of ketones is 1. The summed E-state index contributed by atoms with van der Waals surface area (Å²) < 4.78 is 37.0. The van der Waals surface area contributed by atoms with Crippen molar-refractivity contribution >= 4 is 16.8 Å². The first-order valence-electron chi connectivity index (χ1n) is 7.43. The molecule has 0 atom stereocenters. The molecule has 0 saturated carbocycles. The molecule has 0 saturated heterocycles. The van der Waals surface area contributed by atoms with Gasteiger partial charge in [-0.15, -0.1) is 0 Å². The molecule has 0 unspecified atom stereocenters. The topological polar surface area (TPSA) is 58.6 Å². The molecule has 0 spiro atoms. The average molecular weight is 343 g/mol. The Balaban J connectivity index is 1.85. The van der Waals surface area contributed by atoms with E-state index in [2.05, 4.69) is 26.8 Å². The van der Waals surface area contributed by atoms with Crippen molar-refractivity contribution in [1.29, 1.82) is 0 Å². The summed E-state index contributed by atoms with van der Waals surface area (Å²) in [7, 11) is 0. The molecule has 0 amide bonds. The van der Waals surface area contributed by atoms with Crippen LogP contribution in [0.1, 0.15) is 23.2 Å². The molecule has 7 heteroatoms. The highest BCUT2D eigenvalue weighted by Crippen LogP contribution is 2.20. The number of nitrogens with zero attached hydrogens (tertiary/aromatic N) is 2. The third-order valence-electron chi connectivity index (χ3n) is 3.62. The third-order valence-corrected chi connectivity index (χ3v) is 3.62. The number of H-pyrrole nitrogens is 1. The number of hydrogen-bond acceptors (Lipinski definition) is 3. The van der Waals surface area contributed by atoms with Gasteiger partial charge in [0.25, 0.3) is 0 Å². The molecule has 0 fully saturated rings. The summed E-state index contributed by atoms with van der Waals surface area (Å²) >= 11 is 0. The molecule has 1 aromatic carbocycles. The van der Waals surface area contributed by atoms with E-state index in [1.165, 1.54) is 6.33 Å². The predicted molar refractivity (Wildman–Crippen MR) is 85.7 cm³/mol. The van der Waals surface area contributed by atoms with E-state index in [1.807, 2.05) is 0 Å². The van der Waals surface area contributed by atoms with Crippen LogP contribution in [0.15, 0.2) is 42.9 Å². The van der Waals surface area contributed by atoms with E-state index < -0.39 is 18.4 Å². The second-order valence-electron chi connectivity index (χ2n) is 5.29. The Morgan fingerprint density at radius 3 is 2.72 bits per heavy atom. The summed E-state index contributed by atoms with van der Waals surface area (Å²) in [6, 6.07) is 8.61. The number of alkyl halides is 3. The quantitative estimate of drug-likeness (QED) is 0.742. The minimum Gasteiger partial charge on any atom is -0.346 e. The molecule has 126 valence electrons. The van der Waals surface area contributed by atoms with Gasteiger partial charge < -0.3 is 4.98 Å². The molecule has 0 aliphatic rings. The number of benzene rings is 1. The fraction of sp³-hybridized carbons (Fsp3) is 0.167. The van der Waals surface area contributed by atoms with Crippen molar-refractivity contribution in [2.45, 2.75) is 19.0 Å². The lowest BCUT2D eigenvalue weighted by Crippen LogP contribution is -2.23. The van der Waals surface area contributed by atoms with Crippen molar-refractivity contribution in [3.05, 3.63) is 59.7 Å². The molecule has 0 aliphatic heterocycles. The van der Waals surface area contributed by atoms with Crippen LogP contribution in [0.4, 0.5) is 13.2 Å². The maximum absolute atomic E-state index is 12.3. The number of fused-ring (bicyclic) bond motifs is 1. The smallest absolute Gasteiger partial charge is 0.346 e. The number of carbonyl (C=O) groups excluding carboxylic acids is 1. The largest absolute Gasteiger partial charge is 0.449 e. The Bertz CT molecular complexity index is 980. The summed E-state index contributed by atoms with van der Waals surface area (Å²) in [6.45, 7) is 0. The van der Waals surface area contributed by atoms with Crippen LogP contribution >= 0.6 is 0 Å². The molecule has 2 heterocycles. The van der Waals surface area contributed by atoms with Crippen molar-refractivity contribution in [3.63, 3.8) is 0 Å². The van der Waals surface area contributed by atoms with Gasteiger partial charge in [0.2, 0.25) is 5.78 Å². The van der Waals surface area contributed by atoms with Gasteiger partial charge in [0, 0.05) is 18.2 Å². The monoisotopic (exact) mass is 343 g/mol. The molecular weight excluding hydrogens is 331 g/mol. The fourth-order valence-electron chi connectivity index (χ4n) is 2.35. The molecule has 2 aromatic heterocycles. The molecule has 4 nitrogen and oxygen atoms in total. The normalized spacial score (nSPS) is 11.2. The zero-order valence-corrected chi connectivity index (χ0v) is 12.9. The Hall–Kier alpha value is -3.14. The van der Waals surface area contributed by atoms with Crippen LogP contribution in [-0.2, 0) is 11.2 Å². The number of rotatable bonds is 3. The van der Waals surface area contributed by atoms with Gasteiger partial charge in [-0.1, -0.05) is 24.1 Å². The second-order valence-corrected chi connectivity index (χ2v) is 5.29. The highest BCUT2D eigenvalue weighted by molar-refractivity contribution is 5.84. The van der Waals surface area contributed by atoms with E-state index in [9.17, 15) is 18.0 Å². The van der Waals surface area contributed by atoms with Gasteiger partial charge >= 0.3 is 6.18 Å². The molecular formula is C18H12F3N3O. The number of nitrogens with one attached hydrogen (secondary N) is 1. The van der Waals surface area contributed by atoms with Crippen LogP contribution < -0.4 is 0 Å². The maximum Gasteiger partial charge on any atom is 0.449 e. The number of aryl methyl sites for hydroxylation is 1. The first-order valence-corrected chi connectivity index (χ1v) is 7.43. The van der Waals surface area contributed by atoms with Gasteiger partial charge in [-0.2, -0.15) is 13.2 Å². The van der Waals surface area contributed by atoms with Gasteiger partial charge in [0.05, 0.1) is 5.39 Å². The van der Waals surface area contributed by atoms with Crippen molar-refractivity contribution in [1.82, 2.24) is 15.0 Å². The maximum atomic E-state index is 12.3. The van der Waals surface area contributed by atoms with E-state index in [0.29, 0.717) is 22.5 Å². The highest BCUT2D eigenvalue weighted by Gasteiger charge is 2.37. The summed E-state index contributed by atoms with van der Waals surface area (Å²) in [5, 5.41) is 0.764. The lowest BCUT2D eigenvalue weighted by Gasteiger charge is -2.06. The molecule has 3 rings (SSSR count). The van der Waals surface area contributed by atoms with Crippen LogP contribution in [0.25, 0.3) is 11.0 Å². The SMILES string of the molecule is O=C(CCc1ccccc1C#Cc1ncnc2[nH]ccc12)C(F)(F)F. The first-order chi connectivity index (χ1) is 11.9. The van der Waals surface area contributed by atoms with E-state index >= 15 is 0 Å². The Kier molecular flexibility index (Phi) is 4.52. The Morgan fingerprint density at radius 2 is 1.92 bits per heavy atom. The minimum atomic E-state index is -4.80. The van der Waals surface area contributed by atoms with Crippen molar-refractivity contribution in [2.75, 3.05) is 0 Å². The Morgan fingerprint density at radius 1 is 1.12 bits per heavy atom. The second kappa shape index (κ2) is 6.77. The van der Waals surface area contributed by atoms with Crippen molar-refractivity contribution < 1.29 is 18.0 Å². The zero-order chi connectivity index (χ0) is 17.9. The Labute approximate surface area is 141 Å². The van der Waals surface area contributed by atoms with Gasteiger partial charge in [-0.3, -0.25) is 4.79 Å². The third kappa shape index (κ3) is 3.86. The summed E-state index contributed by atoms with van der Waals surface area (Å²) in [5.41, 5.74) is 2.34.